The van der Waals surface area contributed by atoms with Gasteiger partial charge in [-0.3, -0.25) is 14.9 Å². The molecule has 0 aliphatic carbocycles. The number of likely N-dealkylation sites (tertiary alicyclic amines) is 1. The quantitative estimate of drug-likeness (QED) is 0.460. The van der Waals surface area contributed by atoms with Crippen LogP contribution in [0.1, 0.15) is 41.7 Å². The molecule has 5 rings (SSSR count). The molecule has 7 nitrogen and oxygen atoms in total. The Morgan fingerprint density at radius 2 is 1.86 bits per heavy atom. The first-order valence-electron chi connectivity index (χ1n) is 11.5. The van der Waals surface area contributed by atoms with Gasteiger partial charge in [0.1, 0.15) is 12.4 Å². The minimum Gasteiger partial charge on any atom is -0.378 e. The zero-order valence-electron chi connectivity index (χ0n) is 18.9. The molecule has 1 atom stereocenters. The Morgan fingerprint density at radius 3 is 2.54 bits per heavy atom. The van der Waals surface area contributed by atoms with Crippen molar-refractivity contribution in [3.8, 4) is 11.3 Å². The van der Waals surface area contributed by atoms with Crippen molar-refractivity contribution in [2.24, 2.45) is 4.99 Å². The Hall–Kier alpha value is -3.13. The number of piperidine rings is 1. The molecule has 180 valence electrons. The van der Waals surface area contributed by atoms with E-state index in [0.717, 1.165) is 41.1 Å². The monoisotopic (exact) mass is 509 g/mol. The van der Waals surface area contributed by atoms with Gasteiger partial charge in [0.05, 0.1) is 0 Å². The zero-order chi connectivity index (χ0) is 24.4. The third-order valence-electron chi connectivity index (χ3n) is 6.50. The minimum absolute atomic E-state index is 0.187. The van der Waals surface area contributed by atoms with Crippen LogP contribution in [0.15, 0.2) is 59.6 Å². The zero-order valence-corrected chi connectivity index (χ0v) is 20.4. The fraction of sp³-hybridized carbons (Fsp3) is 0.269. The number of hydrogen-bond donors (Lipinski definition) is 3. The van der Waals surface area contributed by atoms with E-state index in [9.17, 15) is 9.90 Å². The highest BCUT2D eigenvalue weighted by Gasteiger charge is 2.32. The van der Waals surface area contributed by atoms with Crippen molar-refractivity contribution in [3.63, 3.8) is 0 Å². The molecule has 0 spiro atoms. The SMILES string of the molecule is O=C(C(O)c1cccc(Cl)c1)N1CCC(c2[nH]nc(-c3ccc(Cl)cc3)c2C2=CC=NCN2)CC1. The predicted octanol–water partition coefficient (Wildman–Crippen LogP) is 4.80. The first-order chi connectivity index (χ1) is 17.0. The van der Waals surface area contributed by atoms with E-state index in [1.54, 1.807) is 35.4 Å². The van der Waals surface area contributed by atoms with Crippen molar-refractivity contribution in [2.45, 2.75) is 24.9 Å². The fourth-order valence-corrected chi connectivity index (χ4v) is 4.99. The number of aliphatic hydroxyl groups excluding tert-OH is 1. The number of rotatable bonds is 5. The minimum atomic E-state index is -1.22. The Bertz CT molecular complexity index is 1280. The van der Waals surface area contributed by atoms with Crippen LogP contribution in [-0.2, 0) is 4.79 Å². The molecule has 1 unspecified atom stereocenters. The lowest BCUT2D eigenvalue weighted by Gasteiger charge is -2.33. The molecule has 3 N–H and O–H groups in total. The second-order valence-electron chi connectivity index (χ2n) is 8.67. The van der Waals surface area contributed by atoms with Crippen molar-refractivity contribution in [2.75, 3.05) is 19.8 Å². The van der Waals surface area contributed by atoms with Gasteiger partial charge < -0.3 is 15.3 Å². The van der Waals surface area contributed by atoms with E-state index >= 15 is 0 Å². The Labute approximate surface area is 213 Å². The van der Waals surface area contributed by atoms with E-state index in [1.165, 1.54) is 0 Å². The van der Waals surface area contributed by atoms with E-state index in [0.29, 0.717) is 35.4 Å². The lowest BCUT2D eigenvalue weighted by atomic mass is 9.88. The van der Waals surface area contributed by atoms with Gasteiger partial charge in [-0.15, -0.1) is 0 Å². The number of benzene rings is 2. The number of carbonyl (C=O) groups excluding carboxylic acids is 1. The van der Waals surface area contributed by atoms with Crippen molar-refractivity contribution in [1.29, 1.82) is 0 Å². The molecule has 0 bridgehead atoms. The summed E-state index contributed by atoms with van der Waals surface area (Å²) in [5.74, 6) is -0.113. The largest absolute Gasteiger partial charge is 0.378 e. The van der Waals surface area contributed by atoms with Gasteiger partial charge >= 0.3 is 0 Å². The number of allylic oxidation sites excluding steroid dienone is 1. The number of amides is 1. The van der Waals surface area contributed by atoms with E-state index in [4.69, 9.17) is 23.2 Å². The third-order valence-corrected chi connectivity index (χ3v) is 6.99. The topological polar surface area (TPSA) is 93.6 Å². The number of H-pyrrole nitrogens is 1. The number of halogens is 2. The van der Waals surface area contributed by atoms with Gasteiger partial charge in [0, 0.05) is 57.8 Å². The highest BCUT2D eigenvalue weighted by Crippen LogP contribution is 2.37. The first-order valence-corrected chi connectivity index (χ1v) is 12.3. The van der Waals surface area contributed by atoms with E-state index in [1.807, 2.05) is 30.3 Å². The number of carbonyl (C=O) groups is 1. The molecular weight excluding hydrogens is 485 g/mol. The van der Waals surface area contributed by atoms with Crippen LogP contribution < -0.4 is 5.32 Å². The lowest BCUT2D eigenvalue weighted by molar-refractivity contribution is -0.141. The smallest absolute Gasteiger partial charge is 0.256 e. The summed E-state index contributed by atoms with van der Waals surface area (Å²) in [7, 11) is 0. The molecule has 3 heterocycles. The van der Waals surface area contributed by atoms with Gasteiger partial charge in [-0.05, 0) is 48.7 Å². The molecule has 1 fully saturated rings. The van der Waals surface area contributed by atoms with Gasteiger partial charge in [0.2, 0.25) is 0 Å². The van der Waals surface area contributed by atoms with Gasteiger partial charge in [0.15, 0.2) is 6.10 Å². The number of aliphatic hydroxyl groups is 1. The summed E-state index contributed by atoms with van der Waals surface area (Å²) in [5, 5.41) is 23.1. The molecule has 2 aliphatic heterocycles. The average Bonchev–Trinajstić information content (AvgIpc) is 3.34. The lowest BCUT2D eigenvalue weighted by Crippen LogP contribution is -2.40. The normalized spacial score (nSPS) is 17.1. The maximum atomic E-state index is 13.0. The molecule has 0 radical (unpaired) electrons. The van der Waals surface area contributed by atoms with Crippen LogP contribution >= 0.6 is 23.2 Å². The molecule has 1 saturated heterocycles. The molecular formula is C26H25Cl2N5O2. The van der Waals surface area contributed by atoms with E-state index in [-0.39, 0.29) is 11.8 Å². The van der Waals surface area contributed by atoms with Crippen molar-refractivity contribution >= 4 is 41.0 Å². The van der Waals surface area contributed by atoms with Gasteiger partial charge in [0.25, 0.3) is 5.91 Å². The van der Waals surface area contributed by atoms with Gasteiger partial charge in [-0.25, -0.2) is 0 Å². The van der Waals surface area contributed by atoms with Gasteiger partial charge in [-0.1, -0.05) is 47.5 Å². The molecule has 2 aromatic carbocycles. The van der Waals surface area contributed by atoms with Crippen molar-refractivity contribution < 1.29 is 9.90 Å². The fourth-order valence-electron chi connectivity index (χ4n) is 4.66. The van der Waals surface area contributed by atoms with Crippen LogP contribution in [0.25, 0.3) is 17.0 Å². The van der Waals surface area contributed by atoms with Crippen molar-refractivity contribution in [3.05, 3.63) is 81.5 Å². The first kappa shape index (κ1) is 23.6. The molecule has 35 heavy (non-hydrogen) atoms. The summed E-state index contributed by atoms with van der Waals surface area (Å²) in [6, 6.07) is 14.4. The van der Waals surface area contributed by atoms with E-state index < -0.39 is 6.10 Å². The molecule has 1 aromatic heterocycles. The number of nitrogens with zero attached hydrogens (tertiary/aromatic N) is 3. The summed E-state index contributed by atoms with van der Waals surface area (Å²) in [5.41, 5.74) is 5.33. The molecule has 3 aromatic rings. The molecule has 0 saturated carbocycles. The van der Waals surface area contributed by atoms with Crippen LogP contribution in [0.4, 0.5) is 0 Å². The summed E-state index contributed by atoms with van der Waals surface area (Å²) in [6.07, 6.45) is 4.04. The number of aromatic nitrogens is 2. The van der Waals surface area contributed by atoms with Crippen LogP contribution in [0.2, 0.25) is 10.0 Å². The standard InChI is InChI=1S/C26H25Cl2N5O2/c27-19-6-4-16(5-7-19)23-22(21-8-11-29-15-30-21)24(32-31-23)17-9-12-33(13-10-17)26(35)25(34)18-2-1-3-20(28)14-18/h1-8,11,14,17,25,30,34H,9-10,12-13,15H2,(H,31,32). The van der Waals surface area contributed by atoms with Crippen LogP contribution in [-0.4, -0.2) is 52.1 Å². The Kier molecular flexibility index (Phi) is 6.90. The van der Waals surface area contributed by atoms with Crippen molar-refractivity contribution in [1.82, 2.24) is 20.4 Å². The Balaban J connectivity index is 1.36. The summed E-state index contributed by atoms with van der Waals surface area (Å²) >= 11 is 12.1. The van der Waals surface area contributed by atoms with Crippen LogP contribution in [0.3, 0.4) is 0 Å². The Morgan fingerprint density at radius 1 is 1.09 bits per heavy atom. The molecule has 1 amide bonds. The molecule has 9 heteroatoms. The number of nitrogens with one attached hydrogen (secondary N) is 2. The van der Waals surface area contributed by atoms with Gasteiger partial charge in [-0.2, -0.15) is 5.10 Å². The van der Waals surface area contributed by atoms with Crippen LogP contribution in [0.5, 0.6) is 0 Å². The maximum absolute atomic E-state index is 13.0. The summed E-state index contributed by atoms with van der Waals surface area (Å²) < 4.78 is 0. The predicted molar refractivity (Wildman–Crippen MR) is 138 cm³/mol. The number of aromatic amines is 1. The summed E-state index contributed by atoms with van der Waals surface area (Å²) in [6.45, 7) is 1.60. The van der Waals surface area contributed by atoms with E-state index in [2.05, 4.69) is 20.5 Å². The second kappa shape index (κ2) is 10.2. The third kappa shape index (κ3) is 4.98. The number of hydrogen-bond acceptors (Lipinski definition) is 5. The summed E-state index contributed by atoms with van der Waals surface area (Å²) in [4.78, 5) is 18.9. The number of aliphatic imine (C=N–C) groups is 1. The highest BCUT2D eigenvalue weighted by molar-refractivity contribution is 6.31. The average molecular weight is 510 g/mol. The molecule has 2 aliphatic rings. The highest BCUT2D eigenvalue weighted by atomic mass is 35.5. The maximum Gasteiger partial charge on any atom is 0.256 e. The second-order valence-corrected chi connectivity index (χ2v) is 9.54. The van der Waals surface area contributed by atoms with Crippen LogP contribution in [0, 0.1) is 0 Å².